The van der Waals surface area contributed by atoms with E-state index < -0.39 is 12.0 Å². The van der Waals surface area contributed by atoms with Gasteiger partial charge in [0, 0.05) is 12.6 Å². The molecule has 1 saturated carbocycles. The number of hydrogen-bond acceptors (Lipinski definition) is 5. The molecule has 21 heavy (non-hydrogen) atoms. The van der Waals surface area contributed by atoms with Crippen molar-refractivity contribution in [2.24, 2.45) is 0 Å². The van der Waals surface area contributed by atoms with Crippen LogP contribution < -0.4 is 10.2 Å². The summed E-state index contributed by atoms with van der Waals surface area (Å²) < 4.78 is 5.40. The highest BCUT2D eigenvalue weighted by Crippen LogP contribution is 2.22. The van der Waals surface area contributed by atoms with Crippen LogP contribution in [0.2, 0.25) is 0 Å². The van der Waals surface area contributed by atoms with E-state index >= 15 is 0 Å². The molecular weight excluding hydrogens is 274 g/mol. The molecule has 2 heterocycles. The predicted octanol–water partition coefficient (Wildman–Crippen LogP) is 0.264. The molecule has 1 saturated heterocycles. The molecular formula is C14H17N3O4. The van der Waals surface area contributed by atoms with E-state index in [1.165, 1.54) is 12.3 Å². The monoisotopic (exact) mass is 291 g/mol. The minimum absolute atomic E-state index is 0.00834. The Morgan fingerprint density at radius 1 is 1.38 bits per heavy atom. The second kappa shape index (κ2) is 5.69. The van der Waals surface area contributed by atoms with Crippen LogP contribution in [-0.4, -0.2) is 53.8 Å². The van der Waals surface area contributed by atoms with E-state index in [1.54, 1.807) is 6.07 Å². The summed E-state index contributed by atoms with van der Waals surface area (Å²) in [6.07, 6.45) is 3.56. The topological polar surface area (TPSA) is 91.8 Å². The van der Waals surface area contributed by atoms with Crippen LogP contribution in [0.15, 0.2) is 18.3 Å². The highest BCUT2D eigenvalue weighted by Gasteiger charge is 2.33. The van der Waals surface area contributed by atoms with Crippen molar-refractivity contribution in [2.45, 2.75) is 24.9 Å². The van der Waals surface area contributed by atoms with E-state index in [0.29, 0.717) is 25.8 Å². The molecule has 1 atom stereocenters. The second-order valence-electron chi connectivity index (χ2n) is 5.27. The summed E-state index contributed by atoms with van der Waals surface area (Å²) in [7, 11) is 0. The molecule has 0 bridgehead atoms. The highest BCUT2D eigenvalue weighted by atomic mass is 16.5. The molecule has 1 aliphatic carbocycles. The standard InChI is InChI=1S/C14H17N3O4/c18-13(16-9-1-2-9)12-8-21-6-5-17(12)10-3-4-11(14(19)20)15-7-10/h3-4,7,9,12H,1-2,5-6,8H2,(H,16,18)(H,19,20). The van der Waals surface area contributed by atoms with Gasteiger partial charge in [0.1, 0.15) is 11.7 Å². The number of carboxylic acids is 1. The lowest BCUT2D eigenvalue weighted by molar-refractivity contribution is -0.124. The molecule has 7 nitrogen and oxygen atoms in total. The molecule has 1 unspecified atom stereocenters. The van der Waals surface area contributed by atoms with E-state index in [1.807, 2.05) is 4.90 Å². The lowest BCUT2D eigenvalue weighted by Crippen LogP contribution is -2.54. The molecule has 0 spiro atoms. The van der Waals surface area contributed by atoms with Gasteiger partial charge in [0.15, 0.2) is 0 Å². The maximum absolute atomic E-state index is 12.3. The van der Waals surface area contributed by atoms with Crippen LogP contribution in [0.5, 0.6) is 0 Å². The summed E-state index contributed by atoms with van der Waals surface area (Å²) in [6, 6.07) is 3.04. The Hall–Kier alpha value is -2.15. The first-order chi connectivity index (χ1) is 10.1. The first-order valence-corrected chi connectivity index (χ1v) is 6.99. The molecule has 7 heteroatoms. The van der Waals surface area contributed by atoms with E-state index in [-0.39, 0.29) is 11.6 Å². The summed E-state index contributed by atoms with van der Waals surface area (Å²) in [5, 5.41) is 11.8. The summed E-state index contributed by atoms with van der Waals surface area (Å²) in [5.41, 5.74) is 0.727. The van der Waals surface area contributed by atoms with Crippen LogP contribution in [0.1, 0.15) is 23.3 Å². The van der Waals surface area contributed by atoms with Crippen LogP contribution in [0.25, 0.3) is 0 Å². The molecule has 2 aliphatic rings. The van der Waals surface area contributed by atoms with Gasteiger partial charge < -0.3 is 20.1 Å². The number of ether oxygens (including phenoxy) is 1. The normalized spacial score (nSPS) is 21.9. The van der Waals surface area contributed by atoms with Gasteiger partial charge in [0.25, 0.3) is 0 Å². The van der Waals surface area contributed by atoms with Crippen molar-refractivity contribution in [3.63, 3.8) is 0 Å². The maximum Gasteiger partial charge on any atom is 0.354 e. The average Bonchev–Trinajstić information content (AvgIpc) is 3.31. The van der Waals surface area contributed by atoms with Crippen molar-refractivity contribution in [1.82, 2.24) is 10.3 Å². The maximum atomic E-state index is 12.3. The summed E-state index contributed by atoms with van der Waals surface area (Å²) in [6.45, 7) is 1.45. The van der Waals surface area contributed by atoms with Crippen LogP contribution in [0, 0.1) is 0 Å². The van der Waals surface area contributed by atoms with Crippen molar-refractivity contribution in [3.05, 3.63) is 24.0 Å². The number of hydrogen-bond donors (Lipinski definition) is 2. The minimum atomic E-state index is -1.06. The van der Waals surface area contributed by atoms with Gasteiger partial charge in [0.2, 0.25) is 5.91 Å². The molecule has 1 aliphatic heterocycles. The van der Waals surface area contributed by atoms with Crippen molar-refractivity contribution in [3.8, 4) is 0 Å². The van der Waals surface area contributed by atoms with Gasteiger partial charge in [-0.2, -0.15) is 0 Å². The zero-order valence-corrected chi connectivity index (χ0v) is 11.5. The zero-order chi connectivity index (χ0) is 14.8. The molecule has 2 fully saturated rings. The predicted molar refractivity (Wildman–Crippen MR) is 74.3 cm³/mol. The molecule has 0 radical (unpaired) electrons. The summed E-state index contributed by atoms with van der Waals surface area (Å²) in [5.74, 6) is -1.11. The fourth-order valence-corrected chi connectivity index (χ4v) is 2.34. The second-order valence-corrected chi connectivity index (χ2v) is 5.27. The third kappa shape index (κ3) is 3.13. The molecule has 0 aromatic carbocycles. The average molecular weight is 291 g/mol. The fourth-order valence-electron chi connectivity index (χ4n) is 2.34. The SMILES string of the molecule is O=C(O)c1ccc(N2CCOCC2C(=O)NC2CC2)cn1. The Morgan fingerprint density at radius 3 is 2.81 bits per heavy atom. The summed E-state index contributed by atoms with van der Waals surface area (Å²) >= 11 is 0. The smallest absolute Gasteiger partial charge is 0.354 e. The van der Waals surface area contributed by atoms with Crippen LogP contribution >= 0.6 is 0 Å². The third-order valence-electron chi connectivity index (χ3n) is 3.65. The number of morpholine rings is 1. The number of anilines is 1. The lowest BCUT2D eigenvalue weighted by atomic mass is 10.2. The zero-order valence-electron chi connectivity index (χ0n) is 11.5. The molecule has 2 N–H and O–H groups in total. The van der Waals surface area contributed by atoms with Crippen molar-refractivity contribution in [1.29, 1.82) is 0 Å². The lowest BCUT2D eigenvalue weighted by Gasteiger charge is -2.36. The largest absolute Gasteiger partial charge is 0.477 e. The van der Waals surface area contributed by atoms with Crippen LogP contribution in [-0.2, 0) is 9.53 Å². The molecule has 1 aromatic heterocycles. The van der Waals surface area contributed by atoms with Gasteiger partial charge in [-0.3, -0.25) is 4.79 Å². The number of rotatable bonds is 4. The number of carbonyl (C=O) groups excluding carboxylic acids is 1. The van der Waals surface area contributed by atoms with E-state index in [4.69, 9.17) is 9.84 Å². The number of nitrogens with one attached hydrogen (secondary N) is 1. The van der Waals surface area contributed by atoms with Crippen molar-refractivity contribution < 1.29 is 19.4 Å². The number of nitrogens with zero attached hydrogens (tertiary/aromatic N) is 2. The van der Waals surface area contributed by atoms with Gasteiger partial charge in [-0.05, 0) is 25.0 Å². The fraction of sp³-hybridized carbons (Fsp3) is 0.500. The van der Waals surface area contributed by atoms with Crippen molar-refractivity contribution in [2.75, 3.05) is 24.7 Å². The number of pyridine rings is 1. The van der Waals surface area contributed by atoms with Gasteiger partial charge in [-0.15, -0.1) is 0 Å². The van der Waals surface area contributed by atoms with E-state index in [9.17, 15) is 9.59 Å². The van der Waals surface area contributed by atoms with Gasteiger partial charge in [-0.1, -0.05) is 0 Å². The Balaban J connectivity index is 1.76. The summed E-state index contributed by atoms with van der Waals surface area (Å²) in [4.78, 5) is 28.9. The Morgan fingerprint density at radius 2 is 2.19 bits per heavy atom. The Labute approximate surface area is 121 Å². The number of carbonyl (C=O) groups is 2. The molecule has 1 amide bonds. The molecule has 112 valence electrons. The highest BCUT2D eigenvalue weighted by molar-refractivity contribution is 5.87. The first kappa shape index (κ1) is 13.8. The Bertz CT molecular complexity index is 542. The number of aromatic nitrogens is 1. The minimum Gasteiger partial charge on any atom is -0.477 e. The third-order valence-corrected chi connectivity index (χ3v) is 3.65. The molecule has 3 rings (SSSR count). The Kier molecular flexibility index (Phi) is 3.74. The van der Waals surface area contributed by atoms with Crippen LogP contribution in [0.3, 0.4) is 0 Å². The quantitative estimate of drug-likeness (QED) is 0.827. The first-order valence-electron chi connectivity index (χ1n) is 6.99. The van der Waals surface area contributed by atoms with E-state index in [0.717, 1.165) is 18.5 Å². The van der Waals surface area contributed by atoms with Crippen molar-refractivity contribution >= 4 is 17.6 Å². The number of aromatic carboxylic acids is 1. The van der Waals surface area contributed by atoms with Crippen LogP contribution in [0.4, 0.5) is 5.69 Å². The van der Waals surface area contributed by atoms with Gasteiger partial charge >= 0.3 is 5.97 Å². The van der Waals surface area contributed by atoms with Gasteiger partial charge in [0.05, 0.1) is 25.1 Å². The number of amides is 1. The van der Waals surface area contributed by atoms with E-state index in [2.05, 4.69) is 10.3 Å². The number of carboxylic acid groups (broad SMARTS) is 1. The molecule has 1 aromatic rings. The van der Waals surface area contributed by atoms with Gasteiger partial charge in [-0.25, -0.2) is 9.78 Å².